The van der Waals surface area contributed by atoms with Gasteiger partial charge >= 0.3 is 11.9 Å². The van der Waals surface area contributed by atoms with Gasteiger partial charge in [0, 0.05) is 12.2 Å². The van der Waals surface area contributed by atoms with Crippen molar-refractivity contribution in [3.63, 3.8) is 0 Å². The van der Waals surface area contributed by atoms with E-state index in [4.69, 9.17) is 9.47 Å². The molecule has 1 rings (SSSR count). The molecule has 0 saturated heterocycles. The van der Waals surface area contributed by atoms with Gasteiger partial charge in [-0.25, -0.2) is 9.59 Å². The molecule has 0 amide bonds. The summed E-state index contributed by atoms with van der Waals surface area (Å²) in [6.45, 7) is 7.63. The van der Waals surface area contributed by atoms with Crippen LogP contribution in [-0.2, 0) is 19.1 Å². The monoisotopic (exact) mass is 268 g/mol. The van der Waals surface area contributed by atoms with Crippen LogP contribution in [0.1, 0.15) is 33.1 Å². The molecule has 0 heterocycles. The molecule has 0 aromatic heterocycles. The third kappa shape index (κ3) is 6.79. The van der Waals surface area contributed by atoms with Crippen LogP contribution in [0.3, 0.4) is 0 Å². The molecule has 1 saturated carbocycles. The van der Waals surface area contributed by atoms with E-state index in [2.05, 4.69) is 13.2 Å². The van der Waals surface area contributed by atoms with Crippen LogP contribution in [-0.4, -0.2) is 25.2 Å². The third-order valence-electron chi connectivity index (χ3n) is 3.22. The Hall–Kier alpha value is -1.58. The predicted molar refractivity (Wildman–Crippen MR) is 74.5 cm³/mol. The molecular formula is C15H24O4. The molecule has 0 unspecified atom stereocenters. The average molecular weight is 268 g/mol. The van der Waals surface area contributed by atoms with Crippen molar-refractivity contribution in [2.75, 3.05) is 13.2 Å². The van der Waals surface area contributed by atoms with Crippen molar-refractivity contribution in [1.29, 1.82) is 0 Å². The highest BCUT2D eigenvalue weighted by Gasteiger charge is 2.22. The first-order valence-corrected chi connectivity index (χ1v) is 6.24. The third-order valence-corrected chi connectivity index (χ3v) is 3.22. The molecular weight excluding hydrogens is 244 g/mol. The van der Waals surface area contributed by atoms with Crippen molar-refractivity contribution in [3.05, 3.63) is 25.3 Å². The summed E-state index contributed by atoms with van der Waals surface area (Å²) in [4.78, 5) is 21.8. The quantitative estimate of drug-likeness (QED) is 0.549. The van der Waals surface area contributed by atoms with Gasteiger partial charge in [-0.3, -0.25) is 0 Å². The van der Waals surface area contributed by atoms with Crippen molar-refractivity contribution < 1.29 is 19.1 Å². The van der Waals surface area contributed by atoms with E-state index in [0.29, 0.717) is 25.0 Å². The van der Waals surface area contributed by atoms with Gasteiger partial charge in [0.25, 0.3) is 0 Å². The van der Waals surface area contributed by atoms with Gasteiger partial charge in [-0.2, -0.15) is 0 Å². The minimum Gasteiger partial charge on any atom is -0.462 e. The average Bonchev–Trinajstić information content (AvgIpc) is 2.43. The van der Waals surface area contributed by atoms with Gasteiger partial charge in [0.1, 0.15) is 0 Å². The summed E-state index contributed by atoms with van der Waals surface area (Å²) in [5, 5.41) is 0. The first-order valence-electron chi connectivity index (χ1n) is 6.24. The van der Waals surface area contributed by atoms with Crippen LogP contribution in [0.25, 0.3) is 0 Å². The minimum atomic E-state index is -0.364. The van der Waals surface area contributed by atoms with E-state index in [1.165, 1.54) is 12.2 Å². The second kappa shape index (κ2) is 9.36. The first-order chi connectivity index (χ1) is 8.65. The lowest BCUT2D eigenvalue weighted by molar-refractivity contribution is -0.141. The fourth-order valence-corrected chi connectivity index (χ4v) is 2.08. The Balaban J connectivity index is 0.00000324. The Labute approximate surface area is 115 Å². The van der Waals surface area contributed by atoms with Crippen molar-refractivity contribution in [3.8, 4) is 0 Å². The van der Waals surface area contributed by atoms with Crippen LogP contribution < -0.4 is 0 Å². The van der Waals surface area contributed by atoms with Gasteiger partial charge in [-0.1, -0.05) is 20.6 Å². The van der Waals surface area contributed by atoms with Crippen molar-refractivity contribution in [2.24, 2.45) is 11.8 Å². The zero-order valence-corrected chi connectivity index (χ0v) is 10.6. The van der Waals surface area contributed by atoms with E-state index in [1.54, 1.807) is 0 Å². The van der Waals surface area contributed by atoms with Crippen LogP contribution >= 0.6 is 0 Å². The molecule has 0 bridgehead atoms. The molecule has 0 N–H and O–H groups in total. The number of ether oxygens (including phenoxy) is 2. The molecule has 0 aliphatic heterocycles. The number of hydrogen-bond acceptors (Lipinski definition) is 4. The van der Waals surface area contributed by atoms with Gasteiger partial charge < -0.3 is 9.47 Å². The zero-order chi connectivity index (χ0) is 13.4. The van der Waals surface area contributed by atoms with Gasteiger partial charge in [-0.15, -0.1) is 0 Å². The SMILES string of the molecule is C.C=CC(=O)OCC1CCC(COC(=O)C=C)CC1. The van der Waals surface area contributed by atoms with Crippen LogP contribution in [0.15, 0.2) is 25.3 Å². The van der Waals surface area contributed by atoms with Crippen LogP contribution in [0.5, 0.6) is 0 Å². The molecule has 1 fully saturated rings. The summed E-state index contributed by atoms with van der Waals surface area (Å²) in [5.41, 5.74) is 0. The second-order valence-electron chi connectivity index (χ2n) is 4.56. The lowest BCUT2D eigenvalue weighted by Crippen LogP contribution is -2.23. The molecule has 1 aliphatic rings. The number of hydrogen-bond donors (Lipinski definition) is 0. The van der Waals surface area contributed by atoms with E-state index in [0.717, 1.165) is 25.7 Å². The summed E-state index contributed by atoms with van der Waals surface area (Å²) < 4.78 is 10.1. The highest BCUT2D eigenvalue weighted by molar-refractivity contribution is 5.81. The summed E-state index contributed by atoms with van der Waals surface area (Å²) in [7, 11) is 0. The fraction of sp³-hybridized carbons (Fsp3) is 0.600. The number of carbonyl (C=O) groups excluding carboxylic acids is 2. The summed E-state index contributed by atoms with van der Waals surface area (Å²) >= 11 is 0. The Morgan fingerprint density at radius 2 is 1.21 bits per heavy atom. The minimum absolute atomic E-state index is 0. The van der Waals surface area contributed by atoms with E-state index >= 15 is 0 Å². The largest absolute Gasteiger partial charge is 0.462 e. The lowest BCUT2D eigenvalue weighted by atomic mass is 9.83. The smallest absolute Gasteiger partial charge is 0.330 e. The number of rotatable bonds is 6. The molecule has 1 aliphatic carbocycles. The summed E-state index contributed by atoms with van der Waals surface area (Å²) in [6, 6.07) is 0. The van der Waals surface area contributed by atoms with Crippen LogP contribution in [0.4, 0.5) is 0 Å². The van der Waals surface area contributed by atoms with Gasteiger partial charge in [-0.05, 0) is 37.5 Å². The number of esters is 2. The molecule has 0 spiro atoms. The predicted octanol–water partition coefficient (Wildman–Crippen LogP) is 2.89. The van der Waals surface area contributed by atoms with E-state index < -0.39 is 0 Å². The lowest BCUT2D eigenvalue weighted by Gasteiger charge is -2.27. The molecule has 0 atom stereocenters. The van der Waals surface area contributed by atoms with Crippen molar-refractivity contribution >= 4 is 11.9 Å². The first kappa shape index (κ1) is 17.4. The van der Waals surface area contributed by atoms with Crippen molar-refractivity contribution in [2.45, 2.75) is 33.1 Å². The maximum Gasteiger partial charge on any atom is 0.330 e. The standard InChI is InChI=1S/C14H20O4.CH4/c1-3-13(15)17-9-11-5-7-12(8-6-11)10-18-14(16)4-2;/h3-4,11-12H,1-2,5-10H2;1H4. The Bertz CT molecular complexity index is 282. The van der Waals surface area contributed by atoms with Gasteiger partial charge in [0.05, 0.1) is 13.2 Å². The molecule has 0 aromatic carbocycles. The second-order valence-corrected chi connectivity index (χ2v) is 4.56. The maximum absolute atomic E-state index is 10.9. The van der Waals surface area contributed by atoms with E-state index in [1.807, 2.05) is 0 Å². The molecule has 19 heavy (non-hydrogen) atoms. The van der Waals surface area contributed by atoms with E-state index in [-0.39, 0.29) is 19.4 Å². The summed E-state index contributed by atoms with van der Waals surface area (Å²) in [6.07, 6.45) is 6.36. The highest BCUT2D eigenvalue weighted by Crippen LogP contribution is 2.29. The van der Waals surface area contributed by atoms with Crippen LogP contribution in [0, 0.1) is 11.8 Å². The topological polar surface area (TPSA) is 52.6 Å². The zero-order valence-electron chi connectivity index (χ0n) is 10.6. The Kier molecular flexibility index (Phi) is 8.58. The Morgan fingerprint density at radius 1 is 0.895 bits per heavy atom. The highest BCUT2D eigenvalue weighted by atomic mass is 16.5. The Morgan fingerprint density at radius 3 is 1.47 bits per heavy atom. The molecule has 4 heteroatoms. The fourth-order valence-electron chi connectivity index (χ4n) is 2.08. The van der Waals surface area contributed by atoms with Crippen LogP contribution in [0.2, 0.25) is 0 Å². The van der Waals surface area contributed by atoms with Gasteiger partial charge in [0.2, 0.25) is 0 Å². The van der Waals surface area contributed by atoms with Crippen molar-refractivity contribution in [1.82, 2.24) is 0 Å². The van der Waals surface area contributed by atoms with Gasteiger partial charge in [0.15, 0.2) is 0 Å². The molecule has 108 valence electrons. The normalized spacial score (nSPS) is 21.7. The number of carbonyl (C=O) groups is 2. The van der Waals surface area contributed by atoms with E-state index in [9.17, 15) is 9.59 Å². The molecule has 0 radical (unpaired) electrons. The maximum atomic E-state index is 10.9. The molecule has 0 aromatic rings. The molecule has 4 nitrogen and oxygen atoms in total. The summed E-state index contributed by atoms with van der Waals surface area (Å²) in [5.74, 6) is 0.106.